The number of ether oxygens (including phenoxy) is 1. The molecule has 0 aliphatic carbocycles. The van der Waals surface area contributed by atoms with Crippen molar-refractivity contribution in [2.24, 2.45) is 4.99 Å². The highest BCUT2D eigenvalue weighted by atomic mass is 32.1. The summed E-state index contributed by atoms with van der Waals surface area (Å²) >= 11 is 1.72. The summed E-state index contributed by atoms with van der Waals surface area (Å²) in [5.41, 5.74) is 6.12. The quantitative estimate of drug-likeness (QED) is 0.595. The Hall–Kier alpha value is -2.21. The highest BCUT2D eigenvalue weighted by molar-refractivity contribution is 7.07. The molecule has 0 bridgehead atoms. The number of thiazole rings is 1. The van der Waals surface area contributed by atoms with Gasteiger partial charge in [0.25, 0.3) is 0 Å². The SMILES string of the molecule is CCc1ccc(-c2csc(=Nc3ccccc3C)n2CCN2CCOCC2)cc1. The van der Waals surface area contributed by atoms with Crippen LogP contribution < -0.4 is 4.80 Å². The van der Waals surface area contributed by atoms with E-state index in [2.05, 4.69) is 77.2 Å². The molecular weight excluding hydrogens is 378 g/mol. The molecule has 1 aromatic heterocycles. The first-order valence-electron chi connectivity index (χ1n) is 10.4. The Morgan fingerprint density at radius 1 is 1.00 bits per heavy atom. The van der Waals surface area contributed by atoms with Crippen molar-refractivity contribution in [2.75, 3.05) is 32.8 Å². The lowest BCUT2D eigenvalue weighted by molar-refractivity contribution is 0.0363. The Labute approximate surface area is 177 Å². The van der Waals surface area contributed by atoms with Crippen LogP contribution in [-0.4, -0.2) is 42.3 Å². The zero-order valence-electron chi connectivity index (χ0n) is 17.3. The van der Waals surface area contributed by atoms with Crippen molar-refractivity contribution < 1.29 is 4.74 Å². The Morgan fingerprint density at radius 3 is 2.48 bits per heavy atom. The minimum absolute atomic E-state index is 0.833. The van der Waals surface area contributed by atoms with E-state index in [1.54, 1.807) is 11.3 Å². The van der Waals surface area contributed by atoms with E-state index in [9.17, 15) is 0 Å². The molecule has 0 saturated carbocycles. The molecule has 4 rings (SSSR count). The largest absolute Gasteiger partial charge is 0.379 e. The molecule has 0 spiro atoms. The van der Waals surface area contributed by atoms with E-state index in [0.717, 1.165) is 56.3 Å². The van der Waals surface area contributed by atoms with Crippen LogP contribution in [0.25, 0.3) is 11.3 Å². The van der Waals surface area contributed by atoms with Gasteiger partial charge in [-0.15, -0.1) is 11.3 Å². The number of hydrogen-bond donors (Lipinski definition) is 0. The molecule has 152 valence electrons. The minimum Gasteiger partial charge on any atom is -0.379 e. The molecule has 3 aromatic rings. The molecule has 1 fully saturated rings. The minimum atomic E-state index is 0.833. The van der Waals surface area contributed by atoms with Crippen molar-refractivity contribution >= 4 is 17.0 Å². The third-order valence-electron chi connectivity index (χ3n) is 5.53. The van der Waals surface area contributed by atoms with E-state index < -0.39 is 0 Å². The summed E-state index contributed by atoms with van der Waals surface area (Å²) in [5, 5.41) is 2.25. The topological polar surface area (TPSA) is 29.8 Å². The summed E-state index contributed by atoms with van der Waals surface area (Å²) in [7, 11) is 0. The number of hydrogen-bond acceptors (Lipinski definition) is 4. The maximum atomic E-state index is 5.50. The number of para-hydroxylation sites is 1. The van der Waals surface area contributed by atoms with Gasteiger partial charge in [0, 0.05) is 31.6 Å². The number of aromatic nitrogens is 1. The maximum absolute atomic E-state index is 5.50. The molecule has 2 heterocycles. The van der Waals surface area contributed by atoms with Crippen molar-refractivity contribution in [3.8, 4) is 11.3 Å². The van der Waals surface area contributed by atoms with Crippen molar-refractivity contribution in [3.05, 3.63) is 69.8 Å². The number of morpholine rings is 1. The van der Waals surface area contributed by atoms with Crippen molar-refractivity contribution in [3.63, 3.8) is 0 Å². The molecule has 1 saturated heterocycles. The molecule has 0 atom stereocenters. The summed E-state index contributed by atoms with van der Waals surface area (Å²) in [5.74, 6) is 0. The lowest BCUT2D eigenvalue weighted by Crippen LogP contribution is -2.39. The predicted molar refractivity (Wildman–Crippen MR) is 121 cm³/mol. The predicted octanol–water partition coefficient (Wildman–Crippen LogP) is 4.65. The first kappa shape index (κ1) is 20.1. The lowest BCUT2D eigenvalue weighted by Gasteiger charge is -2.26. The maximum Gasteiger partial charge on any atom is 0.190 e. The monoisotopic (exact) mass is 407 g/mol. The van der Waals surface area contributed by atoms with E-state index in [0.29, 0.717) is 0 Å². The molecule has 29 heavy (non-hydrogen) atoms. The third-order valence-corrected chi connectivity index (χ3v) is 6.39. The highest BCUT2D eigenvalue weighted by Gasteiger charge is 2.13. The van der Waals surface area contributed by atoms with Crippen LogP contribution in [0.2, 0.25) is 0 Å². The van der Waals surface area contributed by atoms with Crippen LogP contribution in [-0.2, 0) is 17.7 Å². The van der Waals surface area contributed by atoms with Gasteiger partial charge in [0.15, 0.2) is 4.80 Å². The molecule has 0 radical (unpaired) electrons. The van der Waals surface area contributed by atoms with Crippen LogP contribution in [0.1, 0.15) is 18.1 Å². The second-order valence-electron chi connectivity index (χ2n) is 7.46. The van der Waals surface area contributed by atoms with Gasteiger partial charge in [-0.3, -0.25) is 4.90 Å². The Balaban J connectivity index is 1.70. The Kier molecular flexibility index (Phi) is 6.60. The molecule has 4 nitrogen and oxygen atoms in total. The van der Waals surface area contributed by atoms with Gasteiger partial charge in [0.05, 0.1) is 24.6 Å². The summed E-state index contributed by atoms with van der Waals surface area (Å²) in [6.07, 6.45) is 1.06. The van der Waals surface area contributed by atoms with Crippen LogP contribution in [0, 0.1) is 6.92 Å². The fourth-order valence-corrected chi connectivity index (χ4v) is 4.58. The van der Waals surface area contributed by atoms with Crippen molar-refractivity contribution in [2.45, 2.75) is 26.8 Å². The number of benzene rings is 2. The molecule has 1 aliphatic rings. The van der Waals surface area contributed by atoms with Gasteiger partial charge in [-0.1, -0.05) is 49.4 Å². The van der Waals surface area contributed by atoms with E-state index in [4.69, 9.17) is 9.73 Å². The van der Waals surface area contributed by atoms with Crippen molar-refractivity contribution in [1.29, 1.82) is 0 Å². The molecule has 0 unspecified atom stereocenters. The summed E-state index contributed by atoms with van der Waals surface area (Å²) in [6.45, 7) is 9.95. The van der Waals surface area contributed by atoms with E-state index in [1.807, 2.05) is 0 Å². The molecule has 1 aliphatic heterocycles. The fraction of sp³-hybridized carbons (Fsp3) is 0.375. The van der Waals surface area contributed by atoms with Gasteiger partial charge in [-0.2, -0.15) is 0 Å². The lowest BCUT2D eigenvalue weighted by atomic mass is 10.1. The van der Waals surface area contributed by atoms with Gasteiger partial charge < -0.3 is 9.30 Å². The van der Waals surface area contributed by atoms with E-state index in [1.165, 1.54) is 22.4 Å². The average molecular weight is 408 g/mol. The van der Waals surface area contributed by atoms with Gasteiger partial charge in [-0.25, -0.2) is 4.99 Å². The zero-order valence-corrected chi connectivity index (χ0v) is 18.1. The smallest absolute Gasteiger partial charge is 0.190 e. The Bertz CT molecular complexity index is 997. The van der Waals surface area contributed by atoms with E-state index in [-0.39, 0.29) is 0 Å². The fourth-order valence-electron chi connectivity index (χ4n) is 3.63. The molecule has 0 N–H and O–H groups in total. The summed E-state index contributed by atoms with van der Waals surface area (Å²) in [6, 6.07) is 17.3. The molecule has 2 aromatic carbocycles. The second-order valence-corrected chi connectivity index (χ2v) is 8.29. The van der Waals surface area contributed by atoms with E-state index >= 15 is 0 Å². The number of aryl methyl sites for hydroxylation is 2. The molecule has 5 heteroatoms. The van der Waals surface area contributed by atoms with Crippen LogP contribution in [0.4, 0.5) is 5.69 Å². The van der Waals surface area contributed by atoms with Crippen LogP contribution >= 0.6 is 11.3 Å². The average Bonchev–Trinajstić information content (AvgIpc) is 3.17. The highest BCUT2D eigenvalue weighted by Crippen LogP contribution is 2.23. The number of nitrogens with zero attached hydrogens (tertiary/aromatic N) is 3. The van der Waals surface area contributed by atoms with Crippen LogP contribution in [0.3, 0.4) is 0 Å². The number of rotatable bonds is 6. The Morgan fingerprint density at radius 2 is 1.76 bits per heavy atom. The summed E-state index contributed by atoms with van der Waals surface area (Å²) in [4.78, 5) is 8.56. The van der Waals surface area contributed by atoms with Gasteiger partial charge in [0.2, 0.25) is 0 Å². The van der Waals surface area contributed by atoms with Crippen LogP contribution in [0.15, 0.2) is 58.9 Å². The normalized spacial score (nSPS) is 15.7. The summed E-state index contributed by atoms with van der Waals surface area (Å²) < 4.78 is 7.89. The zero-order chi connectivity index (χ0) is 20.1. The molecule has 0 amide bonds. The van der Waals surface area contributed by atoms with Gasteiger partial charge >= 0.3 is 0 Å². The standard InChI is InChI=1S/C24H29N3OS/c1-3-20-8-10-21(11-9-20)23-18-29-24(25-22-7-5-4-6-19(22)2)27(23)13-12-26-14-16-28-17-15-26/h4-11,18H,3,12-17H2,1-2H3. The first-order chi connectivity index (χ1) is 14.2. The van der Waals surface area contributed by atoms with Gasteiger partial charge in [-0.05, 0) is 36.1 Å². The van der Waals surface area contributed by atoms with Crippen LogP contribution in [0.5, 0.6) is 0 Å². The second kappa shape index (κ2) is 9.53. The van der Waals surface area contributed by atoms with Gasteiger partial charge in [0.1, 0.15) is 0 Å². The molecular formula is C24H29N3OS. The first-order valence-corrected chi connectivity index (χ1v) is 11.3. The van der Waals surface area contributed by atoms with Crippen molar-refractivity contribution in [1.82, 2.24) is 9.47 Å². The third kappa shape index (κ3) is 4.86.